The molecule has 2 aliphatic rings. The maximum Gasteiger partial charge on any atom is 0.335 e. The van der Waals surface area contributed by atoms with Crippen molar-refractivity contribution in [3.8, 4) is 23.0 Å². The van der Waals surface area contributed by atoms with E-state index in [-0.39, 0.29) is 28.5 Å². The van der Waals surface area contributed by atoms with E-state index in [1.54, 1.807) is 0 Å². The van der Waals surface area contributed by atoms with Crippen LogP contribution in [0.4, 0.5) is 11.4 Å². The molecule has 0 aromatic heterocycles. The highest BCUT2D eigenvalue weighted by Crippen LogP contribution is 2.56. The largest absolute Gasteiger partial charge is 0.458 e. The van der Waals surface area contributed by atoms with E-state index in [2.05, 4.69) is 161 Å². The lowest BCUT2D eigenvalue weighted by Crippen LogP contribution is -2.58. The number of hydrogen-bond donors (Lipinski definition) is 0. The van der Waals surface area contributed by atoms with Gasteiger partial charge in [0, 0.05) is 0 Å². The number of benzene rings is 4. The molecule has 0 bridgehead atoms. The molecule has 3 nitrogen and oxygen atoms in total. The molecule has 0 unspecified atom stereocenters. The second-order valence-electron chi connectivity index (χ2n) is 16.8. The van der Waals surface area contributed by atoms with Crippen molar-refractivity contribution in [2.45, 2.75) is 105 Å². The first-order chi connectivity index (χ1) is 20.4. The normalized spacial score (nSPS) is 14.6. The van der Waals surface area contributed by atoms with Crippen LogP contribution in [0.2, 0.25) is 0 Å². The van der Waals surface area contributed by atoms with Crippen molar-refractivity contribution in [1.82, 2.24) is 0 Å². The smallest absolute Gasteiger partial charge is 0.335 e. The highest BCUT2D eigenvalue weighted by Gasteiger charge is 2.45. The van der Waals surface area contributed by atoms with Gasteiger partial charge >= 0.3 is 6.85 Å². The quantitative estimate of drug-likeness (QED) is 0.208. The maximum absolute atomic E-state index is 7.14. The predicted octanol–water partition coefficient (Wildman–Crippen LogP) is 10.0. The van der Waals surface area contributed by atoms with Gasteiger partial charge in [-0.15, -0.1) is 0 Å². The number of rotatable bonds is 1. The van der Waals surface area contributed by atoms with Gasteiger partial charge in [0.15, 0.2) is 11.5 Å². The monoisotopic (exact) mass is 585 g/mol. The summed E-state index contributed by atoms with van der Waals surface area (Å²) in [5.41, 5.74) is 9.38. The first-order valence-electron chi connectivity index (χ1n) is 16.1. The molecule has 4 heteroatoms. The van der Waals surface area contributed by atoms with Gasteiger partial charge in [-0.05, 0) is 79.1 Å². The van der Waals surface area contributed by atoms with Gasteiger partial charge in [0.25, 0.3) is 0 Å². The second kappa shape index (κ2) is 9.93. The van der Waals surface area contributed by atoms with Crippen LogP contribution in [-0.4, -0.2) is 6.85 Å². The average Bonchev–Trinajstić information content (AvgIpc) is 2.91. The Hall–Kier alpha value is -3.66. The zero-order chi connectivity index (χ0) is 32.0. The lowest BCUT2D eigenvalue weighted by Gasteiger charge is -2.45. The highest BCUT2D eigenvalue weighted by molar-refractivity contribution is 6.90. The molecule has 0 fully saturated rings. The minimum Gasteiger partial charge on any atom is -0.458 e. The van der Waals surface area contributed by atoms with Crippen molar-refractivity contribution in [1.29, 1.82) is 0 Å². The number of para-hydroxylation sites is 2. The van der Waals surface area contributed by atoms with E-state index in [1.807, 2.05) is 0 Å². The van der Waals surface area contributed by atoms with Gasteiger partial charge in [-0.25, -0.2) is 0 Å². The summed E-state index contributed by atoms with van der Waals surface area (Å²) in [7, 11) is 0. The number of nitrogens with zero attached hydrogens (tertiary/aromatic N) is 1. The van der Waals surface area contributed by atoms with Crippen LogP contribution in [0.25, 0.3) is 0 Å². The SMILES string of the molecule is CC(C)(C)c1cc2c(c(C(C)(C)C)c1)N(B1c3ccccc3Oc3ccccc31)c1c(cc(C(C)(C)C)cc1C(C)(C)C)O2. The second-order valence-corrected chi connectivity index (χ2v) is 16.8. The van der Waals surface area contributed by atoms with Gasteiger partial charge in [-0.2, -0.15) is 0 Å². The summed E-state index contributed by atoms with van der Waals surface area (Å²) in [6.07, 6.45) is 0. The third-order valence-electron chi connectivity index (χ3n) is 9.11. The van der Waals surface area contributed by atoms with Crippen molar-refractivity contribution in [2.75, 3.05) is 4.81 Å². The Morgan fingerprint density at radius 1 is 0.455 bits per heavy atom. The number of fused-ring (bicyclic) bond motifs is 4. The zero-order valence-electron chi connectivity index (χ0n) is 28.8. The predicted molar refractivity (Wildman–Crippen MR) is 188 cm³/mol. The molecule has 0 radical (unpaired) electrons. The van der Waals surface area contributed by atoms with E-state index in [1.165, 1.54) is 22.3 Å². The standard InChI is InChI=1S/C40H48BNO2/c1-37(2,3)25-21-27(39(7,8)9)35-33(23-25)44-34-24-26(38(4,5)6)22-28(40(10,11)12)36(34)42(35)41-29-17-13-15-19-31(29)43-32-20-16-14-18-30(32)41/h13-24H,1-12H3. The minimum absolute atomic E-state index is 0.0365. The maximum atomic E-state index is 7.14. The van der Waals surface area contributed by atoms with Crippen LogP contribution in [0, 0.1) is 0 Å². The van der Waals surface area contributed by atoms with Gasteiger partial charge in [-0.3, -0.25) is 0 Å². The molecule has 2 heterocycles. The molecular formula is C40H48BNO2. The van der Waals surface area contributed by atoms with Gasteiger partial charge < -0.3 is 14.3 Å². The summed E-state index contributed by atoms with van der Waals surface area (Å²) < 4.78 is 13.7. The summed E-state index contributed by atoms with van der Waals surface area (Å²) in [4.78, 5) is 2.61. The molecule has 0 atom stereocenters. The van der Waals surface area contributed by atoms with E-state index >= 15 is 0 Å². The van der Waals surface area contributed by atoms with Crippen molar-refractivity contribution in [3.63, 3.8) is 0 Å². The van der Waals surface area contributed by atoms with E-state index in [4.69, 9.17) is 9.47 Å². The summed E-state index contributed by atoms with van der Waals surface area (Å²) in [5.74, 6) is 3.64. The van der Waals surface area contributed by atoms with Crippen LogP contribution in [0.5, 0.6) is 23.0 Å². The van der Waals surface area contributed by atoms with Crippen LogP contribution in [0.1, 0.15) is 105 Å². The molecule has 0 saturated heterocycles. The summed E-state index contributed by atoms with van der Waals surface area (Å²) in [5, 5.41) is 0. The molecule has 2 aliphatic heterocycles. The van der Waals surface area contributed by atoms with Gasteiger partial charge in [-0.1, -0.05) is 132 Å². The fourth-order valence-electron chi connectivity index (χ4n) is 6.53. The first-order valence-corrected chi connectivity index (χ1v) is 16.1. The number of ether oxygens (including phenoxy) is 2. The topological polar surface area (TPSA) is 21.7 Å². The third-order valence-corrected chi connectivity index (χ3v) is 9.11. The molecule has 6 rings (SSSR count). The lowest BCUT2D eigenvalue weighted by molar-refractivity contribution is 0.460. The van der Waals surface area contributed by atoms with Crippen LogP contribution in [0.3, 0.4) is 0 Å². The van der Waals surface area contributed by atoms with Crippen LogP contribution >= 0.6 is 0 Å². The lowest BCUT2D eigenvalue weighted by atomic mass is 9.46. The van der Waals surface area contributed by atoms with Crippen molar-refractivity contribution >= 4 is 29.1 Å². The zero-order valence-corrected chi connectivity index (χ0v) is 28.8. The summed E-state index contributed by atoms with van der Waals surface area (Å²) >= 11 is 0. The highest BCUT2D eigenvalue weighted by atomic mass is 16.5. The number of hydrogen-bond acceptors (Lipinski definition) is 3. The van der Waals surface area contributed by atoms with Crippen molar-refractivity contribution < 1.29 is 9.47 Å². The van der Waals surface area contributed by atoms with E-state index in [0.717, 1.165) is 45.3 Å². The molecule has 4 aromatic carbocycles. The molecule has 0 aliphatic carbocycles. The summed E-state index contributed by atoms with van der Waals surface area (Å²) in [6, 6.07) is 26.5. The Labute approximate surface area is 265 Å². The molecule has 0 saturated carbocycles. The molecule has 228 valence electrons. The third kappa shape index (κ3) is 5.11. The van der Waals surface area contributed by atoms with Crippen molar-refractivity contribution in [2.24, 2.45) is 0 Å². The molecule has 44 heavy (non-hydrogen) atoms. The van der Waals surface area contributed by atoms with Crippen LogP contribution < -0.4 is 25.2 Å². The van der Waals surface area contributed by atoms with Gasteiger partial charge in [0.2, 0.25) is 0 Å². The van der Waals surface area contributed by atoms with Gasteiger partial charge in [0.05, 0.1) is 11.4 Å². The van der Waals surface area contributed by atoms with Crippen molar-refractivity contribution in [3.05, 3.63) is 95.1 Å². The Balaban J connectivity index is 1.80. The fourth-order valence-corrected chi connectivity index (χ4v) is 6.53. The first kappa shape index (κ1) is 30.4. The molecule has 4 aromatic rings. The Morgan fingerprint density at radius 3 is 1.18 bits per heavy atom. The van der Waals surface area contributed by atoms with Gasteiger partial charge in [0.1, 0.15) is 11.5 Å². The molecule has 0 spiro atoms. The van der Waals surface area contributed by atoms with Crippen LogP contribution in [-0.2, 0) is 21.7 Å². The van der Waals surface area contributed by atoms with Crippen LogP contribution in [0.15, 0.2) is 72.8 Å². The molecule has 0 amide bonds. The van der Waals surface area contributed by atoms with E-state index in [9.17, 15) is 0 Å². The van der Waals surface area contributed by atoms with E-state index in [0.29, 0.717) is 0 Å². The minimum atomic E-state index is -0.137. The molecule has 0 N–H and O–H groups in total. The summed E-state index contributed by atoms with van der Waals surface area (Å²) in [6.45, 7) is 27.5. The Kier molecular flexibility index (Phi) is 6.85. The molecular weight excluding hydrogens is 537 g/mol. The number of anilines is 2. The van der Waals surface area contributed by atoms with E-state index < -0.39 is 0 Å². The average molecular weight is 586 g/mol. The Bertz CT molecular complexity index is 1630. The fraction of sp³-hybridized carbons (Fsp3) is 0.400. The Morgan fingerprint density at radius 2 is 0.818 bits per heavy atom.